The third-order valence-corrected chi connectivity index (χ3v) is 3.72. The average molecular weight is 268 g/mol. The van der Waals surface area contributed by atoms with E-state index in [-0.39, 0.29) is 6.42 Å². The maximum atomic E-state index is 11.3. The van der Waals surface area contributed by atoms with Crippen LogP contribution in [0.1, 0.15) is 57.8 Å². The summed E-state index contributed by atoms with van der Waals surface area (Å²) >= 11 is 0. The van der Waals surface area contributed by atoms with Crippen molar-refractivity contribution in [2.75, 3.05) is 13.2 Å². The van der Waals surface area contributed by atoms with Gasteiger partial charge in [0.2, 0.25) is 0 Å². The molecule has 0 saturated heterocycles. The summed E-state index contributed by atoms with van der Waals surface area (Å²) < 4.78 is 10.0. The van der Waals surface area contributed by atoms with Gasteiger partial charge in [0, 0.05) is 0 Å². The fourth-order valence-electron chi connectivity index (χ4n) is 2.15. The van der Waals surface area contributed by atoms with E-state index in [0.29, 0.717) is 13.2 Å². The Balaban J connectivity index is 1.40. The van der Waals surface area contributed by atoms with Crippen LogP contribution in [0.2, 0.25) is 0 Å². The second kappa shape index (κ2) is 7.51. The second-order valence-electron chi connectivity index (χ2n) is 5.79. The van der Waals surface area contributed by atoms with Gasteiger partial charge in [-0.1, -0.05) is 25.7 Å². The molecule has 0 atom stereocenters. The number of hydrogen-bond acceptors (Lipinski definition) is 4. The van der Waals surface area contributed by atoms with E-state index < -0.39 is 11.9 Å². The van der Waals surface area contributed by atoms with Gasteiger partial charge in [0.25, 0.3) is 0 Å². The largest absolute Gasteiger partial charge is 0.465 e. The van der Waals surface area contributed by atoms with Crippen molar-refractivity contribution in [1.82, 2.24) is 0 Å². The van der Waals surface area contributed by atoms with Gasteiger partial charge in [-0.15, -0.1) is 0 Å². The van der Waals surface area contributed by atoms with Crippen molar-refractivity contribution in [2.45, 2.75) is 57.8 Å². The minimum Gasteiger partial charge on any atom is -0.465 e. The molecule has 0 aromatic carbocycles. The quantitative estimate of drug-likeness (QED) is 0.347. The Morgan fingerprint density at radius 1 is 0.789 bits per heavy atom. The summed E-state index contributed by atoms with van der Waals surface area (Å²) in [7, 11) is 0. The van der Waals surface area contributed by atoms with Crippen molar-refractivity contribution >= 4 is 11.9 Å². The van der Waals surface area contributed by atoms with E-state index >= 15 is 0 Å². The van der Waals surface area contributed by atoms with E-state index in [4.69, 9.17) is 9.47 Å². The number of hydrogen-bond donors (Lipinski definition) is 0. The highest BCUT2D eigenvalue weighted by molar-refractivity contribution is 5.91. The van der Waals surface area contributed by atoms with Gasteiger partial charge in [-0.25, -0.2) is 0 Å². The molecule has 4 heteroatoms. The van der Waals surface area contributed by atoms with Gasteiger partial charge >= 0.3 is 11.9 Å². The van der Waals surface area contributed by atoms with Crippen LogP contribution in [0.25, 0.3) is 0 Å². The van der Waals surface area contributed by atoms with E-state index in [1.807, 2.05) is 0 Å². The lowest BCUT2D eigenvalue weighted by Gasteiger charge is -2.05. The summed E-state index contributed by atoms with van der Waals surface area (Å²) in [6.45, 7) is 0.870. The molecule has 2 aliphatic rings. The molecule has 2 fully saturated rings. The molecule has 2 rings (SSSR count). The number of esters is 2. The third-order valence-electron chi connectivity index (χ3n) is 3.72. The lowest BCUT2D eigenvalue weighted by Crippen LogP contribution is -2.15. The molecule has 0 spiro atoms. The van der Waals surface area contributed by atoms with Crippen LogP contribution in [0.3, 0.4) is 0 Å². The molecule has 2 aliphatic carbocycles. The summed E-state index contributed by atoms with van der Waals surface area (Å²) in [5.41, 5.74) is 0. The summed E-state index contributed by atoms with van der Waals surface area (Å²) in [5, 5.41) is 0. The average Bonchev–Trinajstić information content (AvgIpc) is 3.25. The van der Waals surface area contributed by atoms with Crippen molar-refractivity contribution in [3.8, 4) is 0 Å². The molecule has 0 heterocycles. The van der Waals surface area contributed by atoms with Gasteiger partial charge in [-0.3, -0.25) is 9.59 Å². The molecule has 4 nitrogen and oxygen atoms in total. The highest BCUT2D eigenvalue weighted by atomic mass is 16.6. The standard InChI is InChI=1S/C15H24O4/c16-14(18-9-1-3-12-5-6-12)11-15(17)19-10-2-4-13-7-8-13/h12-13H,1-11H2. The smallest absolute Gasteiger partial charge is 0.317 e. The maximum Gasteiger partial charge on any atom is 0.317 e. The number of rotatable bonds is 10. The SMILES string of the molecule is O=C(CC(=O)OCCCC1CC1)OCCCC1CC1. The van der Waals surface area contributed by atoms with Gasteiger partial charge in [0.15, 0.2) is 0 Å². The van der Waals surface area contributed by atoms with Crippen LogP contribution in [-0.2, 0) is 19.1 Å². The van der Waals surface area contributed by atoms with Crippen LogP contribution in [0.15, 0.2) is 0 Å². The first-order chi connectivity index (χ1) is 9.24. The van der Waals surface area contributed by atoms with E-state index in [2.05, 4.69) is 0 Å². The summed E-state index contributed by atoms with van der Waals surface area (Å²) in [4.78, 5) is 22.7. The fourth-order valence-corrected chi connectivity index (χ4v) is 2.15. The van der Waals surface area contributed by atoms with Gasteiger partial charge < -0.3 is 9.47 Å². The Labute approximate surface area is 114 Å². The van der Waals surface area contributed by atoms with Crippen LogP contribution in [0, 0.1) is 11.8 Å². The van der Waals surface area contributed by atoms with E-state index in [1.165, 1.54) is 25.7 Å². The molecule has 0 aromatic rings. The highest BCUT2D eigenvalue weighted by Crippen LogP contribution is 2.33. The van der Waals surface area contributed by atoms with Gasteiger partial charge in [-0.2, -0.15) is 0 Å². The first kappa shape index (κ1) is 14.4. The lowest BCUT2D eigenvalue weighted by atomic mass is 10.2. The second-order valence-corrected chi connectivity index (χ2v) is 5.79. The highest BCUT2D eigenvalue weighted by Gasteiger charge is 2.21. The molecule has 2 saturated carbocycles. The first-order valence-electron chi connectivity index (χ1n) is 7.55. The number of ether oxygens (including phenoxy) is 2. The normalized spacial score (nSPS) is 18.1. The molecule has 19 heavy (non-hydrogen) atoms. The van der Waals surface area contributed by atoms with Gasteiger partial charge in [0.05, 0.1) is 13.2 Å². The minimum atomic E-state index is -0.456. The predicted octanol–water partition coefficient (Wildman–Crippen LogP) is 2.84. The molecule has 108 valence electrons. The number of carbonyl (C=O) groups excluding carboxylic acids is 2. The van der Waals surface area contributed by atoms with Crippen LogP contribution in [-0.4, -0.2) is 25.2 Å². The van der Waals surface area contributed by atoms with Gasteiger partial charge in [0.1, 0.15) is 6.42 Å². The van der Waals surface area contributed by atoms with E-state index in [0.717, 1.165) is 37.5 Å². The van der Waals surface area contributed by atoms with Crippen molar-refractivity contribution in [3.63, 3.8) is 0 Å². The fraction of sp³-hybridized carbons (Fsp3) is 0.867. The molecule has 0 unspecified atom stereocenters. The van der Waals surface area contributed by atoms with Gasteiger partial charge in [-0.05, 0) is 37.5 Å². The lowest BCUT2D eigenvalue weighted by molar-refractivity contribution is -0.154. The van der Waals surface area contributed by atoms with Crippen LogP contribution >= 0.6 is 0 Å². The van der Waals surface area contributed by atoms with Crippen LogP contribution in [0.4, 0.5) is 0 Å². The third kappa shape index (κ3) is 7.19. The maximum absolute atomic E-state index is 11.3. The molecular weight excluding hydrogens is 244 g/mol. The summed E-state index contributed by atoms with van der Waals surface area (Å²) in [5.74, 6) is 0.802. The van der Waals surface area contributed by atoms with Crippen LogP contribution in [0.5, 0.6) is 0 Å². The Morgan fingerprint density at radius 3 is 1.58 bits per heavy atom. The summed E-state index contributed by atoms with van der Waals surface area (Å²) in [6.07, 6.45) is 9.13. The van der Waals surface area contributed by atoms with E-state index in [1.54, 1.807) is 0 Å². The molecule has 0 amide bonds. The Kier molecular flexibility index (Phi) is 5.67. The Hall–Kier alpha value is -1.06. The van der Waals surface area contributed by atoms with Crippen molar-refractivity contribution in [1.29, 1.82) is 0 Å². The Bertz CT molecular complexity index is 275. The molecular formula is C15H24O4. The first-order valence-corrected chi connectivity index (χ1v) is 7.55. The van der Waals surface area contributed by atoms with Crippen LogP contribution < -0.4 is 0 Å². The van der Waals surface area contributed by atoms with E-state index in [9.17, 15) is 9.59 Å². The molecule has 0 N–H and O–H groups in total. The zero-order valence-electron chi connectivity index (χ0n) is 11.6. The molecule has 0 aromatic heterocycles. The summed E-state index contributed by atoms with van der Waals surface area (Å²) in [6, 6.07) is 0. The topological polar surface area (TPSA) is 52.6 Å². The van der Waals surface area contributed by atoms with Crippen molar-refractivity contribution in [3.05, 3.63) is 0 Å². The van der Waals surface area contributed by atoms with Crippen molar-refractivity contribution in [2.24, 2.45) is 11.8 Å². The predicted molar refractivity (Wildman–Crippen MR) is 70.5 cm³/mol. The Morgan fingerprint density at radius 2 is 1.21 bits per heavy atom. The molecule has 0 radical (unpaired) electrons. The van der Waals surface area contributed by atoms with Crippen molar-refractivity contribution < 1.29 is 19.1 Å². The molecule has 0 bridgehead atoms. The number of carbonyl (C=O) groups is 2. The minimum absolute atomic E-state index is 0.243. The zero-order chi connectivity index (χ0) is 13.5. The molecule has 0 aliphatic heterocycles. The monoisotopic (exact) mass is 268 g/mol. The zero-order valence-corrected chi connectivity index (χ0v) is 11.6.